The second kappa shape index (κ2) is 9.13. The van der Waals surface area contributed by atoms with Crippen LogP contribution in [0.4, 0.5) is 4.79 Å². The van der Waals surface area contributed by atoms with Crippen molar-refractivity contribution < 1.29 is 27.2 Å². The number of halogens is 1. The summed E-state index contributed by atoms with van der Waals surface area (Å²) in [4.78, 5) is 18.1. The van der Waals surface area contributed by atoms with Crippen molar-refractivity contribution in [3.05, 3.63) is 29.1 Å². The lowest BCUT2D eigenvalue weighted by Crippen LogP contribution is -2.43. The van der Waals surface area contributed by atoms with Gasteiger partial charge in [-0.1, -0.05) is 16.8 Å². The van der Waals surface area contributed by atoms with Gasteiger partial charge in [-0.05, 0) is 51.8 Å². The van der Waals surface area contributed by atoms with Gasteiger partial charge in [0.05, 0.1) is 16.0 Å². The Hall–Kier alpha value is -2.17. The summed E-state index contributed by atoms with van der Waals surface area (Å²) >= 11 is 6.08. The zero-order valence-corrected chi connectivity index (χ0v) is 19.5. The summed E-state index contributed by atoms with van der Waals surface area (Å²) in [5, 5.41) is 4.01. The molecule has 0 bridgehead atoms. The van der Waals surface area contributed by atoms with E-state index < -0.39 is 15.4 Å². The Morgan fingerprint density at radius 1 is 1.29 bits per heavy atom. The molecule has 11 heteroatoms. The summed E-state index contributed by atoms with van der Waals surface area (Å²) in [6.45, 7) is 6.77. The second-order valence-corrected chi connectivity index (χ2v) is 10.8. The molecule has 2 aromatic rings. The molecule has 1 saturated heterocycles. The summed E-state index contributed by atoms with van der Waals surface area (Å²) in [5.74, 6) is 0.591. The van der Waals surface area contributed by atoms with Crippen LogP contribution in [0, 0.1) is 0 Å². The van der Waals surface area contributed by atoms with E-state index in [2.05, 4.69) is 10.1 Å². The highest BCUT2D eigenvalue weighted by Crippen LogP contribution is 2.27. The van der Waals surface area contributed by atoms with E-state index in [9.17, 15) is 13.2 Å². The van der Waals surface area contributed by atoms with Crippen LogP contribution in [0.2, 0.25) is 5.02 Å². The van der Waals surface area contributed by atoms with Gasteiger partial charge in [-0.15, -0.1) is 0 Å². The Morgan fingerprint density at radius 2 is 1.97 bits per heavy atom. The molecular weight excluding hydrogens is 446 g/mol. The first-order valence-electron chi connectivity index (χ1n) is 9.84. The van der Waals surface area contributed by atoms with E-state index in [1.54, 1.807) is 11.0 Å². The molecule has 0 atom stereocenters. The average molecular weight is 472 g/mol. The lowest BCUT2D eigenvalue weighted by molar-refractivity contribution is -0.0231. The molecule has 0 spiro atoms. The van der Waals surface area contributed by atoms with Crippen molar-refractivity contribution in [2.24, 2.45) is 0 Å². The van der Waals surface area contributed by atoms with Gasteiger partial charge in [-0.3, -0.25) is 0 Å². The highest BCUT2D eigenvalue weighted by atomic mass is 35.5. The SMILES string of the molecule is CC(C)(C)OC(=O)N1CCC(OCc2nc(-c3ccc(S(C)(=O)=O)c(Cl)c3)no2)CC1. The summed E-state index contributed by atoms with van der Waals surface area (Å²) in [7, 11) is -3.42. The van der Waals surface area contributed by atoms with Gasteiger partial charge in [-0.25, -0.2) is 13.2 Å². The van der Waals surface area contributed by atoms with Crippen molar-refractivity contribution in [2.45, 2.75) is 56.8 Å². The third kappa shape index (κ3) is 6.41. The first kappa shape index (κ1) is 23.5. The Bertz CT molecular complexity index is 1040. The number of hydrogen-bond donors (Lipinski definition) is 0. The van der Waals surface area contributed by atoms with Crippen molar-refractivity contribution in [3.63, 3.8) is 0 Å². The molecule has 31 heavy (non-hydrogen) atoms. The fourth-order valence-corrected chi connectivity index (χ4v) is 4.42. The van der Waals surface area contributed by atoms with Gasteiger partial charge in [0.2, 0.25) is 5.82 Å². The Labute approximate surface area is 186 Å². The van der Waals surface area contributed by atoms with Crippen molar-refractivity contribution in [3.8, 4) is 11.4 Å². The molecule has 1 aromatic carbocycles. The molecule has 1 aliphatic rings. The number of aromatic nitrogens is 2. The van der Waals surface area contributed by atoms with E-state index >= 15 is 0 Å². The molecule has 0 aliphatic carbocycles. The van der Waals surface area contributed by atoms with Gasteiger partial charge in [0.1, 0.15) is 12.2 Å². The maximum absolute atomic E-state index is 12.1. The summed E-state index contributed by atoms with van der Waals surface area (Å²) in [6.07, 6.45) is 2.12. The van der Waals surface area contributed by atoms with Crippen LogP contribution in [0.3, 0.4) is 0 Å². The fourth-order valence-electron chi connectivity index (χ4n) is 3.09. The predicted molar refractivity (Wildman–Crippen MR) is 113 cm³/mol. The fraction of sp³-hybridized carbons (Fsp3) is 0.550. The van der Waals surface area contributed by atoms with Gasteiger partial charge in [0.25, 0.3) is 5.89 Å². The number of piperidine rings is 1. The minimum atomic E-state index is -3.42. The number of ether oxygens (including phenoxy) is 2. The van der Waals surface area contributed by atoms with Gasteiger partial charge < -0.3 is 18.9 Å². The molecule has 1 aliphatic heterocycles. The van der Waals surface area contributed by atoms with Crippen molar-refractivity contribution in [2.75, 3.05) is 19.3 Å². The lowest BCUT2D eigenvalue weighted by Gasteiger charge is -2.33. The minimum Gasteiger partial charge on any atom is -0.444 e. The summed E-state index contributed by atoms with van der Waals surface area (Å²) < 4.78 is 39.8. The monoisotopic (exact) mass is 471 g/mol. The Kier molecular flexibility index (Phi) is 6.92. The van der Waals surface area contributed by atoms with E-state index in [1.165, 1.54) is 12.1 Å². The van der Waals surface area contributed by atoms with Crippen LogP contribution in [0.25, 0.3) is 11.4 Å². The second-order valence-electron chi connectivity index (χ2n) is 8.41. The van der Waals surface area contributed by atoms with Crippen LogP contribution >= 0.6 is 11.6 Å². The Morgan fingerprint density at radius 3 is 2.55 bits per heavy atom. The van der Waals surface area contributed by atoms with Crippen molar-refractivity contribution in [1.82, 2.24) is 15.0 Å². The lowest BCUT2D eigenvalue weighted by atomic mass is 10.1. The molecule has 3 rings (SSSR count). The quantitative estimate of drug-likeness (QED) is 0.648. The van der Waals surface area contributed by atoms with Crippen LogP contribution < -0.4 is 0 Å². The maximum atomic E-state index is 12.1. The Balaban J connectivity index is 1.53. The molecule has 0 unspecified atom stereocenters. The summed E-state index contributed by atoms with van der Waals surface area (Å²) in [5.41, 5.74) is 0.0215. The van der Waals surface area contributed by atoms with Gasteiger partial charge >= 0.3 is 6.09 Å². The number of sulfone groups is 1. The normalized spacial score (nSPS) is 15.8. The molecule has 170 valence electrons. The van der Waals surface area contributed by atoms with E-state index in [0.29, 0.717) is 43.2 Å². The number of nitrogens with zero attached hydrogens (tertiary/aromatic N) is 3. The van der Waals surface area contributed by atoms with Crippen LogP contribution in [-0.2, 0) is 25.9 Å². The highest BCUT2D eigenvalue weighted by Gasteiger charge is 2.27. The number of hydrogen-bond acceptors (Lipinski definition) is 8. The van der Waals surface area contributed by atoms with Crippen LogP contribution in [0.5, 0.6) is 0 Å². The number of amides is 1. The number of benzene rings is 1. The molecule has 1 aromatic heterocycles. The molecule has 0 N–H and O–H groups in total. The molecule has 0 radical (unpaired) electrons. The number of carbonyl (C=O) groups excluding carboxylic acids is 1. The van der Waals surface area contributed by atoms with E-state index in [-0.39, 0.29) is 28.7 Å². The van der Waals surface area contributed by atoms with Gasteiger partial charge in [-0.2, -0.15) is 4.98 Å². The topological polar surface area (TPSA) is 112 Å². The molecule has 1 fully saturated rings. The van der Waals surface area contributed by atoms with Gasteiger partial charge in [0.15, 0.2) is 9.84 Å². The number of rotatable bonds is 5. The molecule has 2 heterocycles. The zero-order valence-electron chi connectivity index (χ0n) is 17.9. The smallest absolute Gasteiger partial charge is 0.410 e. The molecule has 9 nitrogen and oxygen atoms in total. The number of likely N-dealkylation sites (tertiary alicyclic amines) is 1. The average Bonchev–Trinajstić information content (AvgIpc) is 3.13. The standard InChI is InChI=1S/C20H26ClN3O6S/c1-20(2,3)29-19(25)24-9-7-14(8-10-24)28-12-17-22-18(23-30-17)13-5-6-16(15(21)11-13)31(4,26)27/h5-6,11,14H,7-10,12H2,1-4H3. The maximum Gasteiger partial charge on any atom is 0.410 e. The first-order valence-corrected chi connectivity index (χ1v) is 12.1. The number of carbonyl (C=O) groups is 1. The first-order chi connectivity index (χ1) is 14.4. The molecule has 1 amide bonds. The largest absolute Gasteiger partial charge is 0.444 e. The van der Waals surface area contributed by atoms with Crippen molar-refractivity contribution >= 4 is 27.5 Å². The van der Waals surface area contributed by atoms with Crippen LogP contribution in [0.1, 0.15) is 39.5 Å². The summed E-state index contributed by atoms with van der Waals surface area (Å²) in [6, 6.07) is 4.47. The van der Waals surface area contributed by atoms with Crippen LogP contribution in [0.15, 0.2) is 27.6 Å². The minimum absolute atomic E-state index is 0.0301. The molecular formula is C20H26ClN3O6S. The van der Waals surface area contributed by atoms with Gasteiger partial charge in [0, 0.05) is 24.9 Å². The zero-order chi connectivity index (χ0) is 22.8. The molecule has 0 saturated carbocycles. The third-order valence-electron chi connectivity index (χ3n) is 4.59. The van der Waals surface area contributed by atoms with E-state index in [0.717, 1.165) is 6.26 Å². The predicted octanol–water partition coefficient (Wildman–Crippen LogP) is 3.71. The third-order valence-corrected chi connectivity index (χ3v) is 6.17. The van der Waals surface area contributed by atoms with E-state index in [4.69, 9.17) is 25.6 Å². The van der Waals surface area contributed by atoms with E-state index in [1.807, 2.05) is 20.8 Å². The van der Waals surface area contributed by atoms with Crippen LogP contribution in [-0.4, -0.2) is 60.6 Å². The van der Waals surface area contributed by atoms with Crippen molar-refractivity contribution in [1.29, 1.82) is 0 Å². The highest BCUT2D eigenvalue weighted by molar-refractivity contribution is 7.90.